The van der Waals surface area contributed by atoms with Crippen molar-refractivity contribution in [2.24, 2.45) is 0 Å². The molecule has 0 saturated heterocycles. The molecule has 2 nitrogen and oxygen atoms in total. The molecule has 0 aromatic carbocycles. The number of aromatic nitrogens is 1. The minimum absolute atomic E-state index is 0. The molecule has 0 bridgehead atoms. The topological polar surface area (TPSA) is 38.9 Å². The van der Waals surface area contributed by atoms with Crippen molar-refractivity contribution in [3.8, 4) is 0 Å². The van der Waals surface area contributed by atoms with Gasteiger partial charge in [0.25, 0.3) is 0 Å². The maximum atomic E-state index is 5.24. The van der Waals surface area contributed by atoms with Crippen molar-refractivity contribution in [2.75, 3.05) is 5.73 Å². The van der Waals surface area contributed by atoms with E-state index in [1.807, 2.05) is 0 Å². The Labute approximate surface area is 111 Å². The molecule has 2 radical (unpaired) electrons. The molecule has 0 aliphatic heterocycles. The van der Waals surface area contributed by atoms with Crippen molar-refractivity contribution in [1.82, 2.24) is 4.98 Å². The second-order valence-electron chi connectivity index (χ2n) is 2.70. The van der Waals surface area contributed by atoms with Gasteiger partial charge in [-0.25, -0.2) is 0 Å². The molecule has 1 heterocycles. The molecular weight excluding hydrogens is 282 g/mol. The normalized spacial score (nSPS) is 6.86. The van der Waals surface area contributed by atoms with Crippen molar-refractivity contribution in [3.05, 3.63) is 24.5 Å². The van der Waals surface area contributed by atoms with Crippen molar-refractivity contribution in [3.63, 3.8) is 0 Å². The summed E-state index contributed by atoms with van der Waals surface area (Å²) in [4.78, 5) is 3.63. The first kappa shape index (κ1) is 23.8. The predicted molar refractivity (Wildman–Crippen MR) is 65.3 cm³/mol. The van der Waals surface area contributed by atoms with Crippen molar-refractivity contribution < 1.29 is 16.8 Å². The Balaban J connectivity index is -0.0000000650. The van der Waals surface area contributed by atoms with Gasteiger partial charge in [0, 0.05) is 25.6 Å². The number of nitrogens with two attached hydrogens (primary N) is 1. The zero-order chi connectivity index (χ0) is 8.69. The van der Waals surface area contributed by atoms with Gasteiger partial charge < -0.3 is 10.7 Å². The first-order valence-corrected chi connectivity index (χ1v) is 6.48. The number of nitrogen functional groups attached to an aromatic ring is 1. The molecule has 14 heavy (non-hydrogen) atoms. The summed E-state index contributed by atoms with van der Waals surface area (Å²) >= 11 is 0. The zero-order valence-electron chi connectivity index (χ0n) is 8.41. The van der Waals surface area contributed by atoms with Gasteiger partial charge in [0.15, 0.2) is 0 Å². The van der Waals surface area contributed by atoms with Crippen LogP contribution in [0, 0.1) is 6.20 Å². The van der Waals surface area contributed by atoms with Gasteiger partial charge in [-0.15, -0.1) is 30.9 Å². The first-order chi connectivity index (χ1) is 5.13. The van der Waals surface area contributed by atoms with Crippen molar-refractivity contribution in [1.29, 1.82) is 0 Å². The Bertz CT molecular complexity index is 185. The van der Waals surface area contributed by atoms with E-state index in [0.717, 1.165) is 0 Å². The Hall–Kier alpha value is 0.253. The van der Waals surface area contributed by atoms with Crippen LogP contribution in [0.3, 0.4) is 0 Å². The van der Waals surface area contributed by atoms with Gasteiger partial charge in [-0.05, 0) is 0 Å². The van der Waals surface area contributed by atoms with Gasteiger partial charge in [0.2, 0.25) is 0 Å². The SMILES string of the molecule is C[Si](C)C.Cl.Cl.Nc1[c-]nccc1.[Co]. The molecule has 2 N–H and O–H groups in total. The van der Waals surface area contributed by atoms with Crippen LogP contribution in [-0.2, 0) is 16.8 Å². The van der Waals surface area contributed by atoms with Crippen LogP contribution >= 0.6 is 24.8 Å². The molecule has 0 spiro atoms. The fourth-order valence-electron chi connectivity index (χ4n) is 0.339. The Morgan fingerprint density at radius 1 is 1.29 bits per heavy atom. The van der Waals surface area contributed by atoms with Gasteiger partial charge in [0.05, 0.1) is 0 Å². The van der Waals surface area contributed by atoms with Crippen LogP contribution in [0.15, 0.2) is 18.3 Å². The first-order valence-electron chi connectivity index (χ1n) is 3.48. The summed E-state index contributed by atoms with van der Waals surface area (Å²) in [6.45, 7) is 6.81. The van der Waals surface area contributed by atoms with Gasteiger partial charge in [-0.3, -0.25) is 0 Å². The maximum absolute atomic E-state index is 5.24. The Morgan fingerprint density at radius 3 is 1.86 bits per heavy atom. The third-order valence-electron chi connectivity index (χ3n) is 0.630. The summed E-state index contributed by atoms with van der Waals surface area (Å²) in [5.74, 6) is 0. The van der Waals surface area contributed by atoms with Crippen LogP contribution in [0.5, 0.6) is 0 Å². The summed E-state index contributed by atoms with van der Waals surface area (Å²) in [5, 5.41) is 0. The zero-order valence-corrected chi connectivity index (χ0v) is 12.1. The number of anilines is 1. The molecule has 86 valence electrons. The maximum Gasteiger partial charge on any atom is 0.0379 e. The van der Waals surface area contributed by atoms with Crippen LogP contribution in [0.4, 0.5) is 5.69 Å². The van der Waals surface area contributed by atoms with E-state index in [1.54, 1.807) is 18.3 Å². The molecular formula is C8H16Cl2CoN2Si-. The van der Waals surface area contributed by atoms with Crippen LogP contribution in [0.1, 0.15) is 0 Å². The van der Waals surface area contributed by atoms with Crippen LogP contribution < -0.4 is 5.73 Å². The van der Waals surface area contributed by atoms with E-state index in [1.165, 1.54) is 0 Å². The average molecular weight is 298 g/mol. The Kier molecular flexibility index (Phi) is 26.7. The van der Waals surface area contributed by atoms with E-state index >= 15 is 0 Å². The molecule has 0 amide bonds. The minimum Gasteiger partial charge on any atom is -0.418 e. The smallest absolute Gasteiger partial charge is 0.0379 e. The molecule has 0 aliphatic rings. The van der Waals surface area contributed by atoms with Gasteiger partial charge in [-0.2, -0.15) is 6.07 Å². The van der Waals surface area contributed by atoms with Crippen LogP contribution in [-0.4, -0.2) is 13.8 Å². The molecule has 0 atom stereocenters. The van der Waals surface area contributed by atoms with E-state index in [0.29, 0.717) is 5.69 Å². The minimum atomic E-state index is 0. The van der Waals surface area contributed by atoms with E-state index in [9.17, 15) is 0 Å². The number of nitrogens with zero attached hydrogens (tertiary/aromatic N) is 1. The third-order valence-corrected chi connectivity index (χ3v) is 0.630. The van der Waals surface area contributed by atoms with E-state index in [-0.39, 0.29) is 50.4 Å². The second kappa shape index (κ2) is 15.7. The number of rotatable bonds is 0. The summed E-state index contributed by atoms with van der Waals surface area (Å²) < 4.78 is 0. The molecule has 0 aliphatic carbocycles. The molecule has 1 aromatic rings. The average Bonchev–Trinajstić information content (AvgIpc) is 1.87. The molecule has 1 rings (SSSR count). The summed E-state index contributed by atoms with van der Waals surface area (Å²) in [7, 11) is 0.120. The van der Waals surface area contributed by atoms with Crippen molar-refractivity contribution in [2.45, 2.75) is 19.6 Å². The number of hydrogen-bond acceptors (Lipinski definition) is 2. The van der Waals surface area contributed by atoms with Gasteiger partial charge in [-0.1, -0.05) is 37.7 Å². The number of halogens is 2. The number of pyridine rings is 1. The second-order valence-corrected chi connectivity index (χ2v) is 5.70. The Morgan fingerprint density at radius 2 is 1.71 bits per heavy atom. The largest absolute Gasteiger partial charge is 0.418 e. The fourth-order valence-corrected chi connectivity index (χ4v) is 0.339. The molecule has 0 saturated carbocycles. The monoisotopic (exact) mass is 297 g/mol. The van der Waals surface area contributed by atoms with Crippen LogP contribution in [0.2, 0.25) is 19.6 Å². The standard InChI is InChI=1S/C5H5N2.C3H9Si.2ClH.Co/c6-5-2-1-3-7-4-5;1-4(2)3;;;/h1-3H,6H2;1-3H3;2*1H;/q-1;;;;. The van der Waals surface area contributed by atoms with E-state index in [2.05, 4.69) is 30.8 Å². The molecule has 1 aromatic heterocycles. The van der Waals surface area contributed by atoms with Crippen molar-refractivity contribution >= 4 is 39.3 Å². The fraction of sp³-hybridized carbons (Fsp3) is 0.375. The number of hydrogen-bond donors (Lipinski definition) is 1. The van der Waals surface area contributed by atoms with E-state index < -0.39 is 0 Å². The van der Waals surface area contributed by atoms with Gasteiger partial charge >= 0.3 is 0 Å². The predicted octanol–water partition coefficient (Wildman–Crippen LogP) is 2.68. The van der Waals surface area contributed by atoms with Gasteiger partial charge in [0.1, 0.15) is 0 Å². The summed E-state index contributed by atoms with van der Waals surface area (Å²) in [5.41, 5.74) is 5.83. The third kappa shape index (κ3) is 22.8. The summed E-state index contributed by atoms with van der Waals surface area (Å²) in [6.07, 6.45) is 4.19. The van der Waals surface area contributed by atoms with Crippen LogP contribution in [0.25, 0.3) is 0 Å². The molecule has 6 heteroatoms. The molecule has 0 fully saturated rings. The molecule has 0 unspecified atom stereocenters. The quantitative estimate of drug-likeness (QED) is 0.591. The summed E-state index contributed by atoms with van der Waals surface area (Å²) in [6, 6.07) is 3.51. The van der Waals surface area contributed by atoms with E-state index in [4.69, 9.17) is 5.73 Å².